The van der Waals surface area contributed by atoms with Gasteiger partial charge in [0.15, 0.2) is 0 Å². The van der Waals surface area contributed by atoms with Gasteiger partial charge in [0.25, 0.3) is 5.91 Å². The van der Waals surface area contributed by atoms with Crippen LogP contribution in [-0.4, -0.2) is 88.0 Å². The van der Waals surface area contributed by atoms with Crippen molar-refractivity contribution in [3.63, 3.8) is 0 Å². The second-order valence-electron chi connectivity index (χ2n) is 12.3. The van der Waals surface area contributed by atoms with Crippen LogP contribution < -0.4 is 10.6 Å². The van der Waals surface area contributed by atoms with Gasteiger partial charge in [-0.1, -0.05) is 36.0 Å². The second kappa shape index (κ2) is 13.2. The van der Waals surface area contributed by atoms with Gasteiger partial charge in [-0.15, -0.1) is 0 Å². The van der Waals surface area contributed by atoms with Crippen LogP contribution in [0.15, 0.2) is 48.4 Å². The molecule has 3 heterocycles. The molecule has 2 aromatic rings. The van der Waals surface area contributed by atoms with Crippen LogP contribution >= 0.6 is 0 Å². The first kappa shape index (κ1) is 28.6. The number of nitrogens with zero attached hydrogens (tertiary/aromatic N) is 5. The lowest BCUT2D eigenvalue weighted by atomic mass is 10.00. The number of β-amino-alcohol motifs (C(OH)–C–C–N with tert-alkyl or cyclic N) is 1. The minimum Gasteiger partial charge on any atom is -0.395 e. The fourth-order valence-corrected chi connectivity index (χ4v) is 5.75. The Labute approximate surface area is 248 Å². The molecule has 10 nitrogen and oxygen atoms in total. The van der Waals surface area contributed by atoms with E-state index < -0.39 is 6.10 Å². The van der Waals surface area contributed by atoms with Crippen LogP contribution in [0.25, 0.3) is 5.70 Å². The number of anilines is 1. The average molecular weight is 574 g/mol. The number of aromatic nitrogens is 2. The minimum atomic E-state index is -0.519. The maximum absolute atomic E-state index is 13.2. The number of benzene rings is 1. The summed E-state index contributed by atoms with van der Waals surface area (Å²) in [6.45, 7) is 8.95. The smallest absolute Gasteiger partial charge is 0.271 e. The van der Waals surface area contributed by atoms with E-state index in [1.807, 2.05) is 11.0 Å². The van der Waals surface area contributed by atoms with Gasteiger partial charge in [0.2, 0.25) is 0 Å². The van der Waals surface area contributed by atoms with Gasteiger partial charge in [-0.3, -0.25) is 9.69 Å². The first-order valence-electron chi connectivity index (χ1n) is 15.5. The molecule has 2 saturated carbocycles. The van der Waals surface area contributed by atoms with E-state index in [9.17, 15) is 9.90 Å². The van der Waals surface area contributed by atoms with Crippen LogP contribution in [0.2, 0.25) is 0 Å². The number of aliphatic hydroxyl groups is 1. The van der Waals surface area contributed by atoms with Crippen LogP contribution in [-0.2, 0) is 22.6 Å². The van der Waals surface area contributed by atoms with Gasteiger partial charge < -0.3 is 25.5 Å². The Kier molecular flexibility index (Phi) is 9.00. The lowest BCUT2D eigenvalue weighted by molar-refractivity contribution is -0.125. The summed E-state index contributed by atoms with van der Waals surface area (Å²) in [5.41, 5.74) is 4.70. The molecule has 3 N–H and O–H groups in total. The van der Waals surface area contributed by atoms with Crippen LogP contribution in [0.5, 0.6) is 0 Å². The van der Waals surface area contributed by atoms with Crippen molar-refractivity contribution < 1.29 is 14.7 Å². The van der Waals surface area contributed by atoms with E-state index in [2.05, 4.69) is 61.5 Å². The fraction of sp³-hybridized carbons (Fsp3) is 0.562. The van der Waals surface area contributed by atoms with E-state index in [1.165, 1.54) is 30.3 Å². The molecule has 0 bridgehead atoms. The van der Waals surface area contributed by atoms with E-state index in [-0.39, 0.29) is 17.9 Å². The zero-order valence-corrected chi connectivity index (χ0v) is 24.4. The Morgan fingerprint density at radius 2 is 1.88 bits per heavy atom. The highest BCUT2D eigenvalue weighted by atomic mass is 16.6. The Hall–Kier alpha value is -3.50. The van der Waals surface area contributed by atoms with Crippen molar-refractivity contribution >= 4 is 23.1 Å². The molecule has 2 aliphatic carbocycles. The largest absolute Gasteiger partial charge is 0.395 e. The zero-order chi connectivity index (χ0) is 28.9. The second-order valence-corrected chi connectivity index (χ2v) is 12.3. The van der Waals surface area contributed by atoms with Crippen LogP contribution in [0.3, 0.4) is 0 Å². The summed E-state index contributed by atoms with van der Waals surface area (Å²) in [7, 11) is 0. The lowest BCUT2D eigenvalue weighted by Gasteiger charge is -2.32. The van der Waals surface area contributed by atoms with Crippen molar-refractivity contribution in [3.05, 3.63) is 60.1 Å². The maximum atomic E-state index is 13.2. The number of amides is 1. The summed E-state index contributed by atoms with van der Waals surface area (Å²) in [5, 5.41) is 21.7. The Morgan fingerprint density at radius 3 is 2.64 bits per heavy atom. The number of fused-ring (bicyclic) bond motifs is 1. The normalized spacial score (nSPS) is 20.5. The summed E-state index contributed by atoms with van der Waals surface area (Å²) in [4.78, 5) is 31.7. The number of carbonyl (C=O) groups excluding carboxylic acids is 1. The summed E-state index contributed by atoms with van der Waals surface area (Å²) in [6.07, 6.45) is 8.16. The predicted molar refractivity (Wildman–Crippen MR) is 163 cm³/mol. The molecule has 0 unspecified atom stereocenters. The molecular formula is C32H43N7O3. The number of carbonyl (C=O) groups is 1. The topological polar surface area (TPSA) is 115 Å². The first-order chi connectivity index (χ1) is 20.5. The molecule has 0 spiro atoms. The SMILES string of the molecule is C=C(NC[C@H](O)CN1CCc2ccccc2C1)c1cc(NC2CCN(C(=O)C(=NOCC3CC3)C3CC3)CC2)ncn1. The fourth-order valence-electron chi connectivity index (χ4n) is 5.75. The van der Waals surface area contributed by atoms with E-state index in [0.29, 0.717) is 55.8 Å². The van der Waals surface area contributed by atoms with Crippen molar-refractivity contribution in [1.29, 1.82) is 0 Å². The van der Waals surface area contributed by atoms with Gasteiger partial charge >= 0.3 is 0 Å². The molecular weight excluding hydrogens is 530 g/mol. The molecule has 1 amide bonds. The molecule has 42 heavy (non-hydrogen) atoms. The van der Waals surface area contributed by atoms with Crippen LogP contribution in [0.4, 0.5) is 5.82 Å². The number of nitrogens with one attached hydrogen (secondary N) is 2. The number of rotatable bonds is 13. The lowest BCUT2D eigenvalue weighted by Crippen LogP contribution is -2.45. The summed E-state index contributed by atoms with van der Waals surface area (Å²) in [5.74, 6) is 1.65. The maximum Gasteiger partial charge on any atom is 0.271 e. The van der Waals surface area contributed by atoms with Crippen LogP contribution in [0.1, 0.15) is 55.3 Å². The Bertz CT molecular complexity index is 1280. The molecule has 6 rings (SSSR count). The molecule has 2 aliphatic heterocycles. The van der Waals surface area contributed by atoms with Gasteiger partial charge in [-0.25, -0.2) is 9.97 Å². The summed E-state index contributed by atoms with van der Waals surface area (Å²) in [6, 6.07) is 10.6. The standard InChI is InChI=1S/C32H43N7O3/c1-22(33-17-28(40)19-38-13-10-24-4-2-3-5-26(24)18-38)29-16-30(35-21-34-29)36-27-11-14-39(15-12-27)32(41)31(25-8-9-25)37-42-20-23-6-7-23/h2-5,16,21,23,25,27-28,33,40H,1,6-15,17-20H2,(H,34,35,36)/t28-/m0/s1. The van der Waals surface area contributed by atoms with E-state index >= 15 is 0 Å². The number of hydrogen-bond donors (Lipinski definition) is 3. The van der Waals surface area contributed by atoms with Gasteiger partial charge in [-0.05, 0) is 62.0 Å². The molecule has 10 heteroatoms. The molecule has 3 fully saturated rings. The number of aliphatic hydroxyl groups excluding tert-OH is 1. The summed E-state index contributed by atoms with van der Waals surface area (Å²) >= 11 is 0. The van der Waals surface area contributed by atoms with Gasteiger partial charge in [0.1, 0.15) is 24.5 Å². The van der Waals surface area contributed by atoms with Crippen molar-refractivity contribution in [3.8, 4) is 0 Å². The van der Waals surface area contributed by atoms with Crippen molar-refractivity contribution in [2.75, 3.05) is 44.6 Å². The van der Waals surface area contributed by atoms with Crippen LogP contribution in [0, 0.1) is 11.8 Å². The highest BCUT2D eigenvalue weighted by molar-refractivity contribution is 6.40. The number of oxime groups is 1. The number of piperidine rings is 1. The van der Waals surface area contributed by atoms with Gasteiger partial charge in [-0.2, -0.15) is 0 Å². The van der Waals surface area contributed by atoms with Crippen molar-refractivity contribution in [2.45, 2.75) is 63.6 Å². The third-order valence-electron chi connectivity index (χ3n) is 8.69. The van der Waals surface area contributed by atoms with Crippen molar-refractivity contribution in [1.82, 2.24) is 25.1 Å². The average Bonchev–Trinajstić information content (AvgIpc) is 3.94. The Morgan fingerprint density at radius 1 is 1.10 bits per heavy atom. The molecule has 224 valence electrons. The van der Waals surface area contributed by atoms with Gasteiger partial charge in [0.05, 0.1) is 17.5 Å². The first-order valence-corrected chi connectivity index (χ1v) is 15.5. The molecule has 0 radical (unpaired) electrons. The van der Waals surface area contributed by atoms with E-state index in [4.69, 9.17) is 4.84 Å². The molecule has 1 aromatic carbocycles. The number of hydrogen-bond acceptors (Lipinski definition) is 9. The molecule has 1 saturated heterocycles. The third-order valence-corrected chi connectivity index (χ3v) is 8.69. The molecule has 1 aromatic heterocycles. The Balaban J connectivity index is 0.937. The monoisotopic (exact) mass is 573 g/mol. The van der Waals surface area contributed by atoms with Crippen molar-refractivity contribution in [2.24, 2.45) is 17.0 Å². The highest BCUT2D eigenvalue weighted by Gasteiger charge is 2.37. The number of likely N-dealkylation sites (tertiary alicyclic amines) is 1. The highest BCUT2D eigenvalue weighted by Crippen LogP contribution is 2.33. The zero-order valence-electron chi connectivity index (χ0n) is 24.4. The third kappa shape index (κ3) is 7.66. The van der Waals surface area contributed by atoms with Gasteiger partial charge in [0, 0.05) is 57.3 Å². The van der Waals surface area contributed by atoms with E-state index in [1.54, 1.807) is 0 Å². The minimum absolute atomic E-state index is 0.0331. The van der Waals surface area contributed by atoms with E-state index in [0.717, 1.165) is 51.0 Å². The molecule has 4 aliphatic rings. The molecule has 1 atom stereocenters. The summed E-state index contributed by atoms with van der Waals surface area (Å²) < 4.78 is 0. The quantitative estimate of drug-likeness (QED) is 0.248. The predicted octanol–water partition coefficient (Wildman–Crippen LogP) is 3.05.